The predicted octanol–water partition coefficient (Wildman–Crippen LogP) is 3.76. The third-order valence-electron chi connectivity index (χ3n) is 2.43. The molecule has 0 saturated carbocycles. The minimum Gasteiger partial charge on any atom is -0.496 e. The van der Waals surface area contributed by atoms with Crippen molar-refractivity contribution in [3.8, 4) is 5.75 Å². The van der Waals surface area contributed by atoms with Gasteiger partial charge in [-0.25, -0.2) is 8.78 Å². The number of halogens is 4. The summed E-state index contributed by atoms with van der Waals surface area (Å²) < 4.78 is 31.0. The highest BCUT2D eigenvalue weighted by Gasteiger charge is 2.14. The van der Waals surface area contributed by atoms with E-state index in [2.05, 4.69) is 15.9 Å². The lowest BCUT2D eigenvalue weighted by Crippen LogP contribution is -2.30. The molecule has 102 valence electrons. The molecule has 0 fully saturated rings. The zero-order valence-electron chi connectivity index (χ0n) is 10.0. The third kappa shape index (κ3) is 5.08. The van der Waals surface area contributed by atoms with Gasteiger partial charge < -0.3 is 4.74 Å². The van der Waals surface area contributed by atoms with Crippen LogP contribution in [-0.2, 0) is 6.54 Å². The van der Waals surface area contributed by atoms with Crippen LogP contribution in [-0.4, -0.2) is 37.4 Å². The molecule has 0 atom stereocenters. The van der Waals surface area contributed by atoms with Crippen LogP contribution in [0.15, 0.2) is 22.7 Å². The molecule has 0 aromatic heterocycles. The van der Waals surface area contributed by atoms with Crippen molar-refractivity contribution < 1.29 is 13.5 Å². The SMILES string of the molecule is COc1ccc(Br)cc1CN(CCCl)CC(F)F. The highest BCUT2D eigenvalue weighted by Crippen LogP contribution is 2.24. The van der Waals surface area contributed by atoms with E-state index >= 15 is 0 Å². The van der Waals surface area contributed by atoms with Gasteiger partial charge in [-0.1, -0.05) is 15.9 Å². The molecule has 1 aromatic rings. The summed E-state index contributed by atoms with van der Waals surface area (Å²) in [6.45, 7) is 0.517. The van der Waals surface area contributed by atoms with Crippen molar-refractivity contribution in [1.29, 1.82) is 0 Å². The number of hydrogen-bond donors (Lipinski definition) is 0. The average Bonchev–Trinajstić information content (AvgIpc) is 2.28. The van der Waals surface area contributed by atoms with Crippen molar-refractivity contribution >= 4 is 27.5 Å². The monoisotopic (exact) mass is 341 g/mol. The second kappa shape index (κ2) is 7.92. The van der Waals surface area contributed by atoms with Gasteiger partial charge in [0.2, 0.25) is 0 Å². The van der Waals surface area contributed by atoms with Crippen molar-refractivity contribution in [2.24, 2.45) is 0 Å². The molecule has 0 radical (unpaired) electrons. The minimum atomic E-state index is -2.37. The molecule has 0 heterocycles. The van der Waals surface area contributed by atoms with Crippen LogP contribution in [0.5, 0.6) is 5.75 Å². The van der Waals surface area contributed by atoms with Gasteiger partial charge in [-0.05, 0) is 18.2 Å². The van der Waals surface area contributed by atoms with Crippen molar-refractivity contribution in [2.45, 2.75) is 13.0 Å². The smallest absolute Gasteiger partial charge is 0.251 e. The molecule has 0 amide bonds. The van der Waals surface area contributed by atoms with Crippen LogP contribution in [0.2, 0.25) is 0 Å². The summed E-state index contributed by atoms with van der Waals surface area (Å²) in [7, 11) is 1.56. The zero-order valence-corrected chi connectivity index (χ0v) is 12.3. The van der Waals surface area contributed by atoms with Crippen LogP contribution in [0, 0.1) is 0 Å². The number of hydrogen-bond acceptors (Lipinski definition) is 2. The van der Waals surface area contributed by atoms with E-state index in [-0.39, 0.29) is 6.54 Å². The Morgan fingerprint density at radius 1 is 1.44 bits per heavy atom. The van der Waals surface area contributed by atoms with Gasteiger partial charge in [-0.2, -0.15) is 0 Å². The first-order valence-electron chi connectivity index (χ1n) is 5.45. The molecule has 0 aliphatic heterocycles. The molecule has 0 unspecified atom stereocenters. The van der Waals surface area contributed by atoms with Crippen molar-refractivity contribution in [2.75, 3.05) is 26.1 Å². The summed E-state index contributed by atoms with van der Waals surface area (Å²) in [5.74, 6) is 1.01. The molecular formula is C12H15BrClF2NO. The Morgan fingerprint density at radius 3 is 2.72 bits per heavy atom. The second-order valence-corrected chi connectivity index (χ2v) is 5.06. The average molecular weight is 343 g/mol. The lowest BCUT2D eigenvalue weighted by atomic mass is 10.2. The Hall–Kier alpha value is -0.390. The number of methoxy groups -OCH3 is 1. The molecule has 0 aliphatic rings. The number of rotatable bonds is 7. The van der Waals surface area contributed by atoms with Gasteiger partial charge in [-0.15, -0.1) is 11.6 Å². The minimum absolute atomic E-state index is 0.289. The van der Waals surface area contributed by atoms with Gasteiger partial charge in [-0.3, -0.25) is 4.90 Å². The number of ether oxygens (including phenoxy) is 1. The summed E-state index contributed by atoms with van der Waals surface area (Å²) in [5, 5.41) is 0. The lowest BCUT2D eigenvalue weighted by molar-refractivity contribution is 0.0874. The second-order valence-electron chi connectivity index (χ2n) is 3.77. The standard InChI is InChI=1S/C12H15BrClF2NO/c1-18-11-3-2-10(13)6-9(11)7-17(5-4-14)8-12(15)16/h2-3,6,12H,4-5,7-8H2,1H3. The molecule has 0 aliphatic carbocycles. The summed E-state index contributed by atoms with van der Waals surface area (Å²) >= 11 is 8.98. The Balaban J connectivity index is 2.81. The summed E-state index contributed by atoms with van der Waals surface area (Å²) in [6, 6.07) is 5.52. The molecular weight excluding hydrogens is 327 g/mol. The Bertz CT molecular complexity index is 379. The van der Waals surface area contributed by atoms with Crippen molar-refractivity contribution in [3.05, 3.63) is 28.2 Å². The first-order chi connectivity index (χ1) is 8.56. The Morgan fingerprint density at radius 2 is 2.17 bits per heavy atom. The van der Waals surface area contributed by atoms with E-state index in [0.717, 1.165) is 10.0 Å². The van der Waals surface area contributed by atoms with Crippen LogP contribution in [0.3, 0.4) is 0 Å². The number of nitrogens with zero attached hydrogens (tertiary/aromatic N) is 1. The van der Waals surface area contributed by atoms with Gasteiger partial charge >= 0.3 is 0 Å². The fraction of sp³-hybridized carbons (Fsp3) is 0.500. The van der Waals surface area contributed by atoms with Gasteiger partial charge in [0, 0.05) is 29.0 Å². The number of alkyl halides is 3. The molecule has 6 heteroatoms. The fourth-order valence-corrected chi connectivity index (χ4v) is 2.31. The summed E-state index contributed by atoms with van der Waals surface area (Å²) in [4.78, 5) is 1.61. The molecule has 18 heavy (non-hydrogen) atoms. The first kappa shape index (κ1) is 15.7. The van der Waals surface area contributed by atoms with E-state index in [0.29, 0.717) is 24.7 Å². The maximum Gasteiger partial charge on any atom is 0.251 e. The quantitative estimate of drug-likeness (QED) is 0.700. The summed E-state index contributed by atoms with van der Waals surface area (Å²) in [6.07, 6.45) is -2.37. The van der Waals surface area contributed by atoms with Gasteiger partial charge in [0.25, 0.3) is 6.43 Å². The lowest BCUT2D eigenvalue weighted by Gasteiger charge is -2.22. The maximum atomic E-state index is 12.4. The largest absolute Gasteiger partial charge is 0.496 e. The molecule has 0 bridgehead atoms. The normalized spacial score (nSPS) is 11.3. The topological polar surface area (TPSA) is 12.5 Å². The molecule has 2 nitrogen and oxygen atoms in total. The van der Waals surface area contributed by atoms with E-state index in [4.69, 9.17) is 16.3 Å². The molecule has 0 saturated heterocycles. The van der Waals surface area contributed by atoms with Crippen LogP contribution < -0.4 is 4.74 Å². The molecule has 1 aromatic carbocycles. The molecule has 1 rings (SSSR count). The van der Waals surface area contributed by atoms with Gasteiger partial charge in [0.05, 0.1) is 13.7 Å². The van der Waals surface area contributed by atoms with Gasteiger partial charge in [0.1, 0.15) is 5.75 Å². The van der Waals surface area contributed by atoms with E-state index < -0.39 is 6.43 Å². The van der Waals surface area contributed by atoms with Crippen molar-refractivity contribution in [1.82, 2.24) is 4.90 Å². The van der Waals surface area contributed by atoms with Crippen LogP contribution in [0.25, 0.3) is 0 Å². The Kier molecular flexibility index (Phi) is 6.89. The predicted molar refractivity (Wildman–Crippen MR) is 72.7 cm³/mol. The van der Waals surface area contributed by atoms with E-state index in [1.54, 1.807) is 18.1 Å². The highest BCUT2D eigenvalue weighted by atomic mass is 79.9. The van der Waals surface area contributed by atoms with Crippen molar-refractivity contribution in [3.63, 3.8) is 0 Å². The van der Waals surface area contributed by atoms with E-state index in [1.807, 2.05) is 12.1 Å². The first-order valence-corrected chi connectivity index (χ1v) is 6.78. The third-order valence-corrected chi connectivity index (χ3v) is 3.10. The van der Waals surface area contributed by atoms with Crippen LogP contribution >= 0.6 is 27.5 Å². The summed E-state index contributed by atoms with van der Waals surface area (Å²) in [5.41, 5.74) is 0.859. The fourth-order valence-electron chi connectivity index (χ4n) is 1.66. The van der Waals surface area contributed by atoms with Crippen LogP contribution in [0.1, 0.15) is 5.56 Å². The molecule has 0 N–H and O–H groups in total. The maximum absolute atomic E-state index is 12.4. The van der Waals surface area contributed by atoms with Gasteiger partial charge in [0.15, 0.2) is 0 Å². The molecule has 0 spiro atoms. The zero-order chi connectivity index (χ0) is 13.5. The number of benzene rings is 1. The van der Waals surface area contributed by atoms with Crippen LogP contribution in [0.4, 0.5) is 8.78 Å². The Labute approximate surface area is 119 Å². The van der Waals surface area contributed by atoms with E-state index in [1.165, 1.54) is 0 Å². The van der Waals surface area contributed by atoms with E-state index in [9.17, 15) is 8.78 Å². The highest BCUT2D eigenvalue weighted by molar-refractivity contribution is 9.10.